The molecule has 0 radical (unpaired) electrons. The molecule has 1 N–H and O–H groups in total. The van der Waals surface area contributed by atoms with Crippen LogP contribution in [0.4, 0.5) is 18.9 Å². The molecular formula is C20H20F3NO. The Labute approximate surface area is 144 Å². The summed E-state index contributed by atoms with van der Waals surface area (Å²) in [6.07, 6.45) is -2.37. The molecule has 2 nitrogen and oxygen atoms in total. The maximum atomic E-state index is 14.0. The van der Waals surface area contributed by atoms with E-state index in [1.165, 1.54) is 6.07 Å². The summed E-state index contributed by atoms with van der Waals surface area (Å²) in [5.74, 6) is 0. The highest BCUT2D eigenvalue weighted by Crippen LogP contribution is 2.55. The second-order valence-electron chi connectivity index (χ2n) is 6.91. The molecule has 2 atom stereocenters. The lowest BCUT2D eigenvalue weighted by atomic mass is 9.85. The van der Waals surface area contributed by atoms with E-state index in [1.54, 1.807) is 11.0 Å². The SMILES string of the molecule is O[C@@]1(C(F)(F)F)c2cccc3c2N(CCC3)[C@@H]1CCc1ccccc1. The van der Waals surface area contributed by atoms with Crippen molar-refractivity contribution in [2.45, 2.75) is 43.5 Å². The predicted octanol–water partition coefficient (Wildman–Crippen LogP) is 4.20. The summed E-state index contributed by atoms with van der Waals surface area (Å²) in [6.45, 7) is 0.557. The van der Waals surface area contributed by atoms with Crippen molar-refractivity contribution >= 4 is 5.69 Å². The Hall–Kier alpha value is -2.01. The lowest BCUT2D eigenvalue weighted by Gasteiger charge is -2.38. The van der Waals surface area contributed by atoms with Crippen LogP contribution in [0.2, 0.25) is 0 Å². The van der Waals surface area contributed by atoms with E-state index in [9.17, 15) is 18.3 Å². The number of para-hydroxylation sites is 1. The van der Waals surface area contributed by atoms with Gasteiger partial charge in [-0.05, 0) is 36.8 Å². The van der Waals surface area contributed by atoms with Crippen molar-refractivity contribution in [3.05, 3.63) is 65.2 Å². The summed E-state index contributed by atoms with van der Waals surface area (Å²) < 4.78 is 42.0. The van der Waals surface area contributed by atoms with Crippen molar-refractivity contribution in [3.8, 4) is 0 Å². The van der Waals surface area contributed by atoms with Gasteiger partial charge in [0.25, 0.3) is 0 Å². The van der Waals surface area contributed by atoms with Gasteiger partial charge in [-0.1, -0.05) is 48.5 Å². The molecule has 2 aromatic rings. The Morgan fingerprint density at radius 1 is 1.08 bits per heavy atom. The van der Waals surface area contributed by atoms with Crippen molar-refractivity contribution in [2.24, 2.45) is 0 Å². The van der Waals surface area contributed by atoms with Gasteiger partial charge in [0.05, 0.1) is 6.04 Å². The van der Waals surface area contributed by atoms with Crippen LogP contribution in [-0.2, 0) is 18.4 Å². The number of anilines is 1. The number of alkyl halides is 3. The number of hydrogen-bond donors (Lipinski definition) is 1. The second kappa shape index (κ2) is 5.77. The van der Waals surface area contributed by atoms with Crippen LogP contribution in [0, 0.1) is 0 Å². The van der Waals surface area contributed by atoms with E-state index in [0.29, 0.717) is 18.7 Å². The summed E-state index contributed by atoms with van der Waals surface area (Å²) in [6, 6.07) is 13.4. The number of hydrogen-bond acceptors (Lipinski definition) is 2. The monoisotopic (exact) mass is 347 g/mol. The van der Waals surface area contributed by atoms with Crippen molar-refractivity contribution in [1.29, 1.82) is 0 Å². The first kappa shape index (κ1) is 16.5. The van der Waals surface area contributed by atoms with Gasteiger partial charge in [0.15, 0.2) is 0 Å². The van der Waals surface area contributed by atoms with Gasteiger partial charge in [0.1, 0.15) is 0 Å². The molecule has 0 fully saturated rings. The lowest BCUT2D eigenvalue weighted by Crippen LogP contribution is -2.54. The third-order valence-corrected chi connectivity index (χ3v) is 5.50. The molecule has 0 bridgehead atoms. The van der Waals surface area contributed by atoms with Gasteiger partial charge < -0.3 is 10.0 Å². The average molecular weight is 347 g/mol. The van der Waals surface area contributed by atoms with Gasteiger partial charge in [0, 0.05) is 17.8 Å². The topological polar surface area (TPSA) is 23.5 Å². The van der Waals surface area contributed by atoms with E-state index in [1.807, 2.05) is 36.4 Å². The van der Waals surface area contributed by atoms with Gasteiger partial charge in [-0.25, -0.2) is 0 Å². The van der Waals surface area contributed by atoms with Crippen molar-refractivity contribution < 1.29 is 18.3 Å². The second-order valence-corrected chi connectivity index (χ2v) is 6.91. The first-order valence-corrected chi connectivity index (χ1v) is 8.65. The molecule has 2 aliphatic heterocycles. The summed E-state index contributed by atoms with van der Waals surface area (Å²) >= 11 is 0. The Balaban J connectivity index is 1.75. The van der Waals surface area contributed by atoms with Crippen LogP contribution in [0.5, 0.6) is 0 Å². The maximum Gasteiger partial charge on any atom is 0.423 e. The highest BCUT2D eigenvalue weighted by Gasteiger charge is 2.65. The molecule has 4 rings (SSSR count). The first-order chi connectivity index (χ1) is 11.9. The zero-order chi connectivity index (χ0) is 17.7. The van der Waals surface area contributed by atoms with Gasteiger partial charge in [-0.15, -0.1) is 0 Å². The molecule has 132 valence electrons. The number of aryl methyl sites for hydroxylation is 2. The molecule has 25 heavy (non-hydrogen) atoms. The van der Waals surface area contributed by atoms with Crippen LogP contribution >= 0.6 is 0 Å². The van der Waals surface area contributed by atoms with Crippen molar-refractivity contribution in [2.75, 3.05) is 11.4 Å². The summed E-state index contributed by atoms with van der Waals surface area (Å²) in [5.41, 5.74) is -0.284. The summed E-state index contributed by atoms with van der Waals surface area (Å²) in [5, 5.41) is 10.9. The Bertz CT molecular complexity index is 774. The normalized spacial score (nSPS) is 25.1. The number of benzene rings is 2. The third-order valence-electron chi connectivity index (χ3n) is 5.50. The largest absolute Gasteiger partial charge is 0.423 e. The van der Waals surface area contributed by atoms with E-state index in [0.717, 1.165) is 24.0 Å². The Kier molecular flexibility index (Phi) is 3.80. The van der Waals surface area contributed by atoms with E-state index in [2.05, 4.69) is 0 Å². The highest BCUT2D eigenvalue weighted by molar-refractivity contribution is 5.69. The smallest absolute Gasteiger partial charge is 0.375 e. The van der Waals surface area contributed by atoms with Crippen molar-refractivity contribution in [3.63, 3.8) is 0 Å². The van der Waals surface area contributed by atoms with Crippen LogP contribution in [0.25, 0.3) is 0 Å². The first-order valence-electron chi connectivity index (χ1n) is 8.65. The van der Waals surface area contributed by atoms with Gasteiger partial charge in [0.2, 0.25) is 5.60 Å². The van der Waals surface area contributed by atoms with Crippen molar-refractivity contribution in [1.82, 2.24) is 0 Å². The third kappa shape index (κ3) is 2.44. The lowest BCUT2D eigenvalue weighted by molar-refractivity contribution is -0.271. The van der Waals surface area contributed by atoms with Crippen LogP contribution in [0.3, 0.4) is 0 Å². The minimum absolute atomic E-state index is 0.0234. The number of rotatable bonds is 3. The molecule has 0 amide bonds. The zero-order valence-corrected chi connectivity index (χ0v) is 13.8. The summed E-state index contributed by atoms with van der Waals surface area (Å²) in [4.78, 5) is 1.80. The fraction of sp³-hybridized carbons (Fsp3) is 0.400. The number of halogens is 3. The van der Waals surface area contributed by atoms with Crippen LogP contribution in [0.1, 0.15) is 29.5 Å². The fourth-order valence-electron chi connectivity index (χ4n) is 4.36. The standard InChI is InChI=1S/C20H20F3NO/c21-20(22,23)19(25)16-10-4-8-15-9-5-13-24(18(15)16)17(19)12-11-14-6-2-1-3-7-14/h1-4,6-8,10,17,25H,5,9,11-13H2/t17-,19+/m1/s1. The minimum atomic E-state index is -4.71. The molecule has 0 unspecified atom stereocenters. The van der Waals surface area contributed by atoms with E-state index in [4.69, 9.17) is 0 Å². The zero-order valence-electron chi connectivity index (χ0n) is 13.8. The molecule has 0 spiro atoms. The summed E-state index contributed by atoms with van der Waals surface area (Å²) in [7, 11) is 0. The molecule has 0 saturated carbocycles. The van der Waals surface area contributed by atoms with Gasteiger partial charge >= 0.3 is 6.18 Å². The number of aliphatic hydroxyl groups is 1. The Morgan fingerprint density at radius 2 is 1.84 bits per heavy atom. The molecule has 0 aromatic heterocycles. The average Bonchev–Trinajstić information content (AvgIpc) is 2.86. The molecule has 2 aliphatic rings. The molecule has 2 aromatic carbocycles. The maximum absolute atomic E-state index is 14.0. The quantitative estimate of drug-likeness (QED) is 0.899. The molecule has 2 heterocycles. The number of nitrogens with zero attached hydrogens (tertiary/aromatic N) is 1. The van der Waals surface area contributed by atoms with Gasteiger partial charge in [-0.3, -0.25) is 0 Å². The van der Waals surface area contributed by atoms with Crippen LogP contribution in [-0.4, -0.2) is 23.9 Å². The van der Waals surface area contributed by atoms with E-state index >= 15 is 0 Å². The van der Waals surface area contributed by atoms with E-state index < -0.39 is 17.8 Å². The predicted molar refractivity (Wildman–Crippen MR) is 90.6 cm³/mol. The molecule has 0 saturated heterocycles. The van der Waals surface area contributed by atoms with Gasteiger partial charge in [-0.2, -0.15) is 13.2 Å². The molecular weight excluding hydrogens is 327 g/mol. The molecule has 5 heteroatoms. The molecule has 0 aliphatic carbocycles. The van der Waals surface area contributed by atoms with Crippen LogP contribution in [0.15, 0.2) is 48.5 Å². The van der Waals surface area contributed by atoms with E-state index in [-0.39, 0.29) is 12.0 Å². The van der Waals surface area contributed by atoms with Crippen LogP contribution < -0.4 is 4.90 Å². The minimum Gasteiger partial charge on any atom is -0.375 e. The fourth-order valence-corrected chi connectivity index (χ4v) is 4.36. The highest BCUT2D eigenvalue weighted by atomic mass is 19.4. The Morgan fingerprint density at radius 3 is 2.56 bits per heavy atom.